The van der Waals surface area contributed by atoms with Crippen LogP contribution in [0.3, 0.4) is 0 Å². The first-order valence-corrected chi connectivity index (χ1v) is 17.8. The topological polar surface area (TPSA) is 153 Å². The van der Waals surface area contributed by atoms with E-state index in [9.17, 15) is 20.6 Å². The largest absolute Gasteiger partial charge is 0.493 e. The predicted molar refractivity (Wildman–Crippen MR) is 195 cm³/mol. The van der Waals surface area contributed by atoms with Crippen molar-refractivity contribution in [3.8, 4) is 23.1 Å². The molecule has 4 N–H and O–H groups in total. The normalized spacial score (nSPS) is 18.0. The predicted octanol–water partition coefficient (Wildman–Crippen LogP) is 5.23. The highest BCUT2D eigenvalue weighted by molar-refractivity contribution is 6.34. The molecule has 0 bridgehead atoms. The van der Waals surface area contributed by atoms with Crippen molar-refractivity contribution in [2.24, 2.45) is 5.92 Å². The summed E-state index contributed by atoms with van der Waals surface area (Å²) in [6.07, 6.45) is 8.41. The van der Waals surface area contributed by atoms with E-state index in [0.29, 0.717) is 64.7 Å². The Morgan fingerprint density at radius 3 is 2.69 bits per heavy atom. The van der Waals surface area contributed by atoms with Gasteiger partial charge in [-0.1, -0.05) is 41.4 Å². The number of β-amino-alcohol motifs (C(OH)–C–C–N with tert-alkyl or cyclic N) is 1. The fourth-order valence-electron chi connectivity index (χ4n) is 5.98. The third-order valence-electron chi connectivity index (χ3n) is 9.23. The summed E-state index contributed by atoms with van der Waals surface area (Å²) in [5.74, 6) is 1.44. The van der Waals surface area contributed by atoms with Crippen LogP contribution in [0.1, 0.15) is 48.4 Å². The summed E-state index contributed by atoms with van der Waals surface area (Å²) in [5.41, 5.74) is 3.63. The molecule has 0 amide bonds. The Morgan fingerprint density at radius 1 is 1.12 bits per heavy atom. The van der Waals surface area contributed by atoms with Gasteiger partial charge in [-0.15, -0.1) is 0 Å². The van der Waals surface area contributed by atoms with E-state index in [-0.39, 0.29) is 38.4 Å². The maximum atomic E-state index is 9.80. The monoisotopic (exact) mass is 737 g/mol. The number of nitrogens with zero attached hydrogens (tertiary/aromatic N) is 4. The van der Waals surface area contributed by atoms with Crippen LogP contribution in [0.25, 0.3) is 11.3 Å². The molecule has 2 atom stereocenters. The molecule has 1 fully saturated rings. The highest BCUT2D eigenvalue weighted by Crippen LogP contribution is 2.37. The molecule has 0 radical (unpaired) electrons. The minimum Gasteiger partial charge on any atom is -0.493 e. The second-order valence-electron chi connectivity index (χ2n) is 13.3. The minimum absolute atomic E-state index is 0.174. The Balaban J connectivity index is 1.28. The number of nitriles is 1. The molecular formula is C38H45Cl2N5O6. The lowest BCUT2D eigenvalue weighted by molar-refractivity contribution is 0.0940. The van der Waals surface area contributed by atoms with E-state index in [1.54, 1.807) is 37.5 Å². The van der Waals surface area contributed by atoms with Crippen molar-refractivity contribution < 1.29 is 29.5 Å². The number of likely N-dealkylation sites (tertiary alicyclic amines) is 1. The van der Waals surface area contributed by atoms with Gasteiger partial charge in [0.15, 0.2) is 0 Å². The fourth-order valence-corrected chi connectivity index (χ4v) is 6.55. The van der Waals surface area contributed by atoms with Crippen molar-refractivity contribution in [3.05, 3.63) is 98.8 Å². The van der Waals surface area contributed by atoms with Crippen LogP contribution in [0.2, 0.25) is 5.02 Å². The van der Waals surface area contributed by atoms with Gasteiger partial charge in [-0.25, -0.2) is 0 Å². The number of aliphatic hydroxyl groups is 3. The summed E-state index contributed by atoms with van der Waals surface area (Å²) >= 11 is 13.7. The lowest BCUT2D eigenvalue weighted by Gasteiger charge is -2.31. The maximum Gasteiger partial charge on any atom is 0.141 e. The molecule has 1 aliphatic heterocycles. The first kappa shape index (κ1) is 38.5. The first-order valence-electron chi connectivity index (χ1n) is 17.1. The SMILES string of the molecule is Cc1c(COC2=C(Cl)CC(CNC(C)(CO)CO)C(OCc3cncc(C#N)c3)=C2)cccc1-c1nccc(OCCCN2CC[C@@H](O)C2)c1Cl. The zero-order valence-electron chi connectivity index (χ0n) is 28.9. The van der Waals surface area contributed by atoms with Gasteiger partial charge in [-0.3, -0.25) is 9.97 Å². The van der Waals surface area contributed by atoms with E-state index in [4.69, 9.17) is 37.4 Å². The van der Waals surface area contributed by atoms with E-state index >= 15 is 0 Å². The number of hydrogen-bond acceptors (Lipinski definition) is 11. The molecule has 3 heterocycles. The molecule has 272 valence electrons. The van der Waals surface area contributed by atoms with E-state index < -0.39 is 5.54 Å². The Kier molecular flexibility index (Phi) is 13.7. The smallest absolute Gasteiger partial charge is 0.141 e. The zero-order chi connectivity index (χ0) is 36.4. The summed E-state index contributed by atoms with van der Waals surface area (Å²) in [6.45, 7) is 6.97. The highest BCUT2D eigenvalue weighted by Gasteiger charge is 2.29. The average Bonchev–Trinajstić information content (AvgIpc) is 3.57. The summed E-state index contributed by atoms with van der Waals surface area (Å²) in [7, 11) is 0. The average molecular weight is 739 g/mol. The molecule has 1 unspecified atom stereocenters. The van der Waals surface area contributed by atoms with Crippen molar-refractivity contribution in [2.45, 2.75) is 58.0 Å². The van der Waals surface area contributed by atoms with Crippen LogP contribution in [0.5, 0.6) is 5.75 Å². The molecule has 0 saturated carbocycles. The van der Waals surface area contributed by atoms with Crippen LogP contribution in [-0.4, -0.2) is 87.8 Å². The molecule has 1 aliphatic carbocycles. The number of halogens is 2. The van der Waals surface area contributed by atoms with Gasteiger partial charge in [0.2, 0.25) is 0 Å². The molecule has 3 aromatic rings. The van der Waals surface area contributed by atoms with Crippen LogP contribution in [-0.2, 0) is 22.7 Å². The molecule has 0 spiro atoms. The molecule has 51 heavy (non-hydrogen) atoms. The van der Waals surface area contributed by atoms with Crippen molar-refractivity contribution in [2.75, 3.05) is 46.0 Å². The Hall–Kier alpha value is -3.73. The lowest BCUT2D eigenvalue weighted by atomic mass is 9.95. The summed E-state index contributed by atoms with van der Waals surface area (Å²) in [4.78, 5) is 11.0. The van der Waals surface area contributed by atoms with E-state index in [1.165, 1.54) is 6.20 Å². The van der Waals surface area contributed by atoms with Gasteiger partial charge < -0.3 is 39.7 Å². The standard InChI is InChI=1S/C38H45Cl2N5O6/c1-25-28(5-3-6-31(25)37-36(40)33(7-9-43-37)49-12-4-10-45-11-8-30(48)20-45)22-51-35-15-34(50-21-27-13-26(16-41)17-42-18-27)29(14-32(35)39)19-44-38(2,23-46)24-47/h3,5-7,9,13,15,17-18,29-30,44,46-48H,4,8,10-12,14,19-24H2,1-2H3/t29?,30-/m1/s1. The van der Waals surface area contributed by atoms with E-state index in [0.717, 1.165) is 48.2 Å². The summed E-state index contributed by atoms with van der Waals surface area (Å²) < 4.78 is 18.6. The molecule has 1 saturated heterocycles. The van der Waals surface area contributed by atoms with Crippen LogP contribution in [0.15, 0.2) is 71.5 Å². The van der Waals surface area contributed by atoms with Crippen LogP contribution in [0, 0.1) is 24.2 Å². The van der Waals surface area contributed by atoms with Gasteiger partial charge >= 0.3 is 0 Å². The molecule has 2 aliphatic rings. The second-order valence-corrected chi connectivity index (χ2v) is 14.1. The number of aromatic nitrogens is 2. The van der Waals surface area contributed by atoms with Gasteiger partial charge in [-0.05, 0) is 50.3 Å². The number of ether oxygens (including phenoxy) is 3. The van der Waals surface area contributed by atoms with Crippen LogP contribution in [0.4, 0.5) is 0 Å². The number of benzene rings is 1. The van der Waals surface area contributed by atoms with Crippen LogP contribution < -0.4 is 10.1 Å². The number of aliphatic hydroxyl groups excluding tert-OH is 3. The second kappa shape index (κ2) is 18.2. The Labute approximate surface area is 309 Å². The minimum atomic E-state index is -0.881. The third kappa shape index (κ3) is 10.2. The number of hydrogen-bond donors (Lipinski definition) is 4. The maximum absolute atomic E-state index is 9.80. The molecule has 11 nitrogen and oxygen atoms in total. The van der Waals surface area contributed by atoms with Crippen molar-refractivity contribution >= 4 is 23.2 Å². The molecule has 13 heteroatoms. The molecule has 2 aromatic heterocycles. The van der Waals surface area contributed by atoms with Gasteiger partial charge in [0, 0.05) is 74.0 Å². The summed E-state index contributed by atoms with van der Waals surface area (Å²) in [5, 5.41) is 42.8. The summed E-state index contributed by atoms with van der Waals surface area (Å²) in [6, 6.07) is 11.5. The number of rotatable bonds is 17. The quantitative estimate of drug-likeness (QED) is 0.135. The van der Waals surface area contributed by atoms with Gasteiger partial charge in [0.1, 0.15) is 41.6 Å². The number of nitrogens with one attached hydrogen (secondary N) is 1. The van der Waals surface area contributed by atoms with Gasteiger partial charge in [-0.2, -0.15) is 5.26 Å². The molecular weight excluding hydrogens is 693 g/mol. The number of allylic oxidation sites excluding steroid dienone is 2. The molecule has 5 rings (SSSR count). The highest BCUT2D eigenvalue weighted by atomic mass is 35.5. The van der Waals surface area contributed by atoms with Crippen molar-refractivity contribution in [1.82, 2.24) is 20.2 Å². The number of pyridine rings is 2. The Bertz CT molecular complexity index is 1760. The van der Waals surface area contributed by atoms with Gasteiger partial charge in [0.05, 0.1) is 47.8 Å². The van der Waals surface area contributed by atoms with Crippen LogP contribution >= 0.6 is 23.2 Å². The zero-order valence-corrected chi connectivity index (χ0v) is 30.5. The van der Waals surface area contributed by atoms with Gasteiger partial charge in [0.25, 0.3) is 0 Å². The molecule has 1 aromatic carbocycles. The van der Waals surface area contributed by atoms with Crippen molar-refractivity contribution in [1.29, 1.82) is 5.26 Å². The first-order chi connectivity index (χ1) is 24.6. The lowest BCUT2D eigenvalue weighted by Crippen LogP contribution is -2.51. The fraction of sp³-hybridized carbons (Fsp3) is 0.447. The Morgan fingerprint density at radius 2 is 1.94 bits per heavy atom. The van der Waals surface area contributed by atoms with E-state index in [2.05, 4.69) is 26.3 Å². The van der Waals surface area contributed by atoms with E-state index in [1.807, 2.05) is 25.1 Å². The third-order valence-corrected chi connectivity index (χ3v) is 9.94. The van der Waals surface area contributed by atoms with Crippen molar-refractivity contribution in [3.63, 3.8) is 0 Å².